The Morgan fingerprint density at radius 3 is 2.40 bits per heavy atom. The van der Waals surface area contributed by atoms with E-state index in [1.165, 1.54) is 24.3 Å². The van der Waals surface area contributed by atoms with Gasteiger partial charge in [0, 0.05) is 10.5 Å². The molecule has 0 radical (unpaired) electrons. The molecule has 0 saturated carbocycles. The average molecular weight is 364 g/mol. The van der Waals surface area contributed by atoms with E-state index in [4.69, 9.17) is 0 Å². The van der Waals surface area contributed by atoms with Crippen molar-refractivity contribution in [1.29, 1.82) is 0 Å². The largest absolute Gasteiger partial charge is 0.506 e. The molecule has 4 nitrogen and oxygen atoms in total. The summed E-state index contributed by atoms with van der Waals surface area (Å²) in [5, 5.41) is 9.51. The molecule has 0 aromatic heterocycles. The Balaban J connectivity index is 2.50. The van der Waals surface area contributed by atoms with Crippen molar-refractivity contribution in [3.05, 3.63) is 52.5 Å². The molecule has 2 aromatic rings. The van der Waals surface area contributed by atoms with Gasteiger partial charge in [0.05, 0.1) is 5.69 Å². The highest BCUT2D eigenvalue weighted by Gasteiger charge is 2.24. The van der Waals surface area contributed by atoms with Crippen LogP contribution in [-0.4, -0.2) is 13.5 Å². The number of aromatic hydroxyl groups is 1. The molecular weight excluding hydrogens is 356 g/mol. The highest BCUT2D eigenvalue weighted by molar-refractivity contribution is 9.10. The molecule has 2 N–H and O–H groups in total. The maximum Gasteiger partial charge on any atom is 0.266 e. The number of phenolic OH excluding ortho intramolecular Hbond substituents is 1. The van der Waals surface area contributed by atoms with Gasteiger partial charge in [0.2, 0.25) is 0 Å². The number of benzene rings is 2. The molecule has 0 bridgehead atoms. The van der Waals surface area contributed by atoms with Crippen molar-refractivity contribution in [2.24, 2.45) is 0 Å². The van der Waals surface area contributed by atoms with Crippen LogP contribution in [-0.2, 0) is 10.0 Å². The molecule has 0 spiro atoms. The first kappa shape index (κ1) is 14.7. The number of sulfonamides is 1. The number of hydrogen-bond acceptors (Lipinski definition) is 3. The lowest BCUT2D eigenvalue weighted by atomic mass is 10.3. The summed E-state index contributed by atoms with van der Waals surface area (Å²) in [6.45, 7) is 0. The number of rotatable bonds is 3. The van der Waals surface area contributed by atoms with E-state index in [0.29, 0.717) is 6.07 Å². The van der Waals surface area contributed by atoms with E-state index in [-0.39, 0.29) is 15.9 Å². The van der Waals surface area contributed by atoms with Crippen molar-refractivity contribution >= 4 is 31.6 Å². The zero-order chi connectivity index (χ0) is 14.9. The van der Waals surface area contributed by atoms with Gasteiger partial charge in [0.15, 0.2) is 0 Å². The molecule has 20 heavy (non-hydrogen) atoms. The summed E-state index contributed by atoms with van der Waals surface area (Å²) in [6.07, 6.45) is 0. The first-order valence-corrected chi connectivity index (χ1v) is 7.54. The number of halogens is 3. The van der Waals surface area contributed by atoms with Crippen molar-refractivity contribution in [2.45, 2.75) is 4.90 Å². The van der Waals surface area contributed by atoms with Gasteiger partial charge < -0.3 is 5.11 Å². The SMILES string of the molecule is O=S(=O)(Nc1ccccc1O)c1c(F)cc(F)cc1Br. The molecule has 2 rings (SSSR count). The van der Waals surface area contributed by atoms with E-state index in [0.717, 1.165) is 6.07 Å². The maximum atomic E-state index is 13.7. The second-order valence-electron chi connectivity index (χ2n) is 3.82. The van der Waals surface area contributed by atoms with Crippen molar-refractivity contribution < 1.29 is 22.3 Å². The van der Waals surface area contributed by atoms with Gasteiger partial charge >= 0.3 is 0 Å². The fourth-order valence-corrected chi connectivity index (χ4v) is 3.78. The summed E-state index contributed by atoms with van der Waals surface area (Å²) in [4.78, 5) is -0.734. The van der Waals surface area contributed by atoms with Gasteiger partial charge in [-0.15, -0.1) is 0 Å². The highest BCUT2D eigenvalue weighted by atomic mass is 79.9. The fraction of sp³-hybridized carbons (Fsp3) is 0. The molecule has 0 aliphatic rings. The number of hydrogen-bond donors (Lipinski definition) is 2. The van der Waals surface area contributed by atoms with Crippen LogP contribution in [0.15, 0.2) is 45.8 Å². The Kier molecular flexibility index (Phi) is 3.96. The van der Waals surface area contributed by atoms with Crippen LogP contribution in [0.5, 0.6) is 5.75 Å². The lowest BCUT2D eigenvalue weighted by molar-refractivity contribution is 0.477. The standard InChI is InChI=1S/C12H8BrF2NO3S/c13-8-5-7(14)6-9(15)12(8)20(18,19)16-10-3-1-2-4-11(10)17/h1-6,16-17H. The third-order valence-corrected chi connectivity index (χ3v) is 4.71. The maximum absolute atomic E-state index is 13.7. The molecule has 0 fully saturated rings. The predicted octanol–water partition coefficient (Wildman–Crippen LogP) is 3.23. The predicted molar refractivity (Wildman–Crippen MR) is 73.0 cm³/mol. The first-order valence-electron chi connectivity index (χ1n) is 5.26. The van der Waals surface area contributed by atoms with Crippen LogP contribution in [0.25, 0.3) is 0 Å². The van der Waals surface area contributed by atoms with Gasteiger partial charge in [0.25, 0.3) is 10.0 Å². The van der Waals surface area contributed by atoms with Crippen LogP contribution in [0.4, 0.5) is 14.5 Å². The second-order valence-corrected chi connectivity index (χ2v) is 6.29. The zero-order valence-corrected chi connectivity index (χ0v) is 12.2. The number of para-hydroxylation sites is 2. The van der Waals surface area contributed by atoms with Gasteiger partial charge in [-0.2, -0.15) is 0 Å². The van der Waals surface area contributed by atoms with Gasteiger partial charge in [-0.25, -0.2) is 17.2 Å². The Bertz CT molecular complexity index is 742. The third-order valence-electron chi connectivity index (χ3n) is 2.38. The van der Waals surface area contributed by atoms with Gasteiger partial charge in [-0.3, -0.25) is 4.72 Å². The van der Waals surface area contributed by atoms with Crippen LogP contribution in [0, 0.1) is 11.6 Å². The summed E-state index contributed by atoms with van der Waals surface area (Å²) in [6, 6.07) is 6.87. The van der Waals surface area contributed by atoms with Crippen molar-refractivity contribution in [3.63, 3.8) is 0 Å². The zero-order valence-electron chi connectivity index (χ0n) is 9.77. The quantitative estimate of drug-likeness (QED) is 0.822. The number of nitrogens with one attached hydrogen (secondary N) is 1. The average Bonchev–Trinajstić information content (AvgIpc) is 2.30. The van der Waals surface area contributed by atoms with E-state index in [1.807, 2.05) is 4.72 Å². The van der Waals surface area contributed by atoms with E-state index in [9.17, 15) is 22.3 Å². The summed E-state index contributed by atoms with van der Waals surface area (Å²) < 4.78 is 52.6. The van der Waals surface area contributed by atoms with Gasteiger partial charge in [-0.05, 0) is 34.1 Å². The minimum absolute atomic E-state index is 0.108. The molecule has 8 heteroatoms. The molecule has 2 aromatic carbocycles. The summed E-state index contributed by atoms with van der Waals surface area (Å²) in [5.41, 5.74) is -0.108. The van der Waals surface area contributed by atoms with Gasteiger partial charge in [-0.1, -0.05) is 12.1 Å². The summed E-state index contributed by atoms with van der Waals surface area (Å²) in [5.74, 6) is -2.45. The van der Waals surface area contributed by atoms with Crippen molar-refractivity contribution in [2.75, 3.05) is 4.72 Å². The summed E-state index contributed by atoms with van der Waals surface area (Å²) >= 11 is 2.80. The fourth-order valence-electron chi connectivity index (χ4n) is 1.54. The lowest BCUT2D eigenvalue weighted by Crippen LogP contribution is -2.15. The van der Waals surface area contributed by atoms with Crippen LogP contribution >= 0.6 is 15.9 Å². The van der Waals surface area contributed by atoms with Gasteiger partial charge in [0.1, 0.15) is 22.3 Å². The van der Waals surface area contributed by atoms with Crippen LogP contribution in [0.2, 0.25) is 0 Å². The van der Waals surface area contributed by atoms with Crippen LogP contribution < -0.4 is 4.72 Å². The molecule has 0 aliphatic carbocycles. The molecular formula is C12H8BrF2NO3S. The topological polar surface area (TPSA) is 66.4 Å². The molecule has 0 heterocycles. The third kappa shape index (κ3) is 2.91. The Hall–Kier alpha value is -1.67. The number of phenols is 1. The smallest absolute Gasteiger partial charge is 0.266 e. The van der Waals surface area contributed by atoms with E-state index < -0.39 is 26.6 Å². The van der Waals surface area contributed by atoms with Crippen molar-refractivity contribution in [3.8, 4) is 5.75 Å². The van der Waals surface area contributed by atoms with Crippen LogP contribution in [0.1, 0.15) is 0 Å². The van der Waals surface area contributed by atoms with Crippen LogP contribution in [0.3, 0.4) is 0 Å². The molecule has 0 amide bonds. The normalized spacial score (nSPS) is 11.3. The lowest BCUT2D eigenvalue weighted by Gasteiger charge is -2.11. The molecule has 0 atom stereocenters. The molecule has 0 saturated heterocycles. The Morgan fingerprint density at radius 1 is 1.15 bits per heavy atom. The Morgan fingerprint density at radius 2 is 1.80 bits per heavy atom. The Labute approximate surface area is 122 Å². The van der Waals surface area contributed by atoms with E-state index >= 15 is 0 Å². The first-order chi connectivity index (χ1) is 9.31. The monoisotopic (exact) mass is 363 g/mol. The van der Waals surface area contributed by atoms with E-state index in [2.05, 4.69) is 15.9 Å². The molecule has 0 aliphatic heterocycles. The van der Waals surface area contributed by atoms with Crippen molar-refractivity contribution in [1.82, 2.24) is 0 Å². The number of anilines is 1. The molecule has 0 unspecified atom stereocenters. The molecule has 106 valence electrons. The highest BCUT2D eigenvalue weighted by Crippen LogP contribution is 2.30. The van der Waals surface area contributed by atoms with E-state index in [1.54, 1.807) is 0 Å². The minimum atomic E-state index is -4.31. The summed E-state index contributed by atoms with van der Waals surface area (Å²) in [7, 11) is -4.31. The minimum Gasteiger partial charge on any atom is -0.506 e. The second kappa shape index (κ2) is 5.37.